The van der Waals surface area contributed by atoms with E-state index < -0.39 is 11.6 Å². The van der Waals surface area contributed by atoms with Crippen LogP contribution in [-0.4, -0.2) is 18.1 Å². The van der Waals surface area contributed by atoms with Crippen LogP contribution >= 0.6 is 12.2 Å². The molecule has 0 saturated carbocycles. The Hall–Kier alpha value is -2.21. The van der Waals surface area contributed by atoms with Crippen molar-refractivity contribution in [3.63, 3.8) is 0 Å². The molecular formula is C15H14F2N2OS. The van der Waals surface area contributed by atoms with Crippen molar-refractivity contribution in [1.82, 2.24) is 0 Å². The van der Waals surface area contributed by atoms with Crippen molar-refractivity contribution in [2.24, 2.45) is 5.73 Å². The van der Waals surface area contributed by atoms with Crippen LogP contribution in [0, 0.1) is 11.6 Å². The van der Waals surface area contributed by atoms with Gasteiger partial charge in [-0.25, -0.2) is 8.78 Å². The molecule has 0 spiro atoms. The highest BCUT2D eigenvalue weighted by atomic mass is 32.1. The highest BCUT2D eigenvalue weighted by Crippen LogP contribution is 2.20. The molecular weight excluding hydrogens is 294 g/mol. The lowest BCUT2D eigenvalue weighted by Crippen LogP contribution is -2.15. The van der Waals surface area contributed by atoms with E-state index in [9.17, 15) is 8.78 Å². The van der Waals surface area contributed by atoms with E-state index in [4.69, 9.17) is 10.5 Å². The predicted octanol–water partition coefficient (Wildman–Crippen LogP) is 3.09. The molecule has 110 valence electrons. The minimum Gasteiger partial charge on any atom is -0.492 e. The summed E-state index contributed by atoms with van der Waals surface area (Å²) in [4.78, 5) is -0.0493. The number of hydrogen-bond acceptors (Lipinski definition) is 3. The average molecular weight is 308 g/mol. The molecule has 0 aliphatic rings. The maximum absolute atomic E-state index is 13.8. The van der Waals surface area contributed by atoms with Crippen LogP contribution in [0.2, 0.25) is 0 Å². The summed E-state index contributed by atoms with van der Waals surface area (Å²) in [5, 5.41) is 2.66. The Kier molecular flexibility index (Phi) is 5.05. The SMILES string of the molecule is NC(=S)c1cc(F)c(NCCOc2ccccc2)c(F)c1. The first-order valence-electron chi connectivity index (χ1n) is 6.28. The van der Waals surface area contributed by atoms with E-state index in [1.165, 1.54) is 0 Å². The lowest BCUT2D eigenvalue weighted by Gasteiger charge is -2.11. The number of anilines is 1. The number of nitrogens with two attached hydrogens (primary N) is 1. The monoisotopic (exact) mass is 308 g/mol. The van der Waals surface area contributed by atoms with Crippen molar-refractivity contribution in [2.75, 3.05) is 18.5 Å². The molecule has 2 rings (SSSR count). The first-order valence-corrected chi connectivity index (χ1v) is 6.69. The van der Waals surface area contributed by atoms with E-state index in [2.05, 4.69) is 17.5 Å². The second kappa shape index (κ2) is 6.99. The number of thiocarbonyl (C=S) groups is 1. The zero-order valence-electron chi connectivity index (χ0n) is 11.1. The lowest BCUT2D eigenvalue weighted by atomic mass is 10.2. The van der Waals surface area contributed by atoms with Crippen LogP contribution in [0.15, 0.2) is 42.5 Å². The number of benzene rings is 2. The van der Waals surface area contributed by atoms with Gasteiger partial charge in [0.05, 0.1) is 0 Å². The number of rotatable bonds is 6. The van der Waals surface area contributed by atoms with E-state index in [0.717, 1.165) is 12.1 Å². The summed E-state index contributed by atoms with van der Waals surface area (Å²) >= 11 is 4.69. The first-order chi connectivity index (χ1) is 10.1. The van der Waals surface area contributed by atoms with E-state index in [1.54, 1.807) is 12.1 Å². The molecule has 0 fully saturated rings. The summed E-state index contributed by atoms with van der Waals surface area (Å²) in [5.74, 6) is -0.779. The molecule has 0 bridgehead atoms. The third-order valence-corrected chi connectivity index (χ3v) is 2.98. The van der Waals surface area contributed by atoms with Gasteiger partial charge >= 0.3 is 0 Å². The molecule has 0 radical (unpaired) electrons. The van der Waals surface area contributed by atoms with Gasteiger partial charge in [0.25, 0.3) is 0 Å². The van der Waals surface area contributed by atoms with Gasteiger partial charge in [-0.2, -0.15) is 0 Å². The number of nitrogens with one attached hydrogen (secondary N) is 1. The van der Waals surface area contributed by atoms with Crippen LogP contribution in [0.1, 0.15) is 5.56 Å². The fourth-order valence-electron chi connectivity index (χ4n) is 1.75. The molecule has 2 aromatic rings. The molecule has 0 saturated heterocycles. The normalized spacial score (nSPS) is 10.2. The standard InChI is InChI=1S/C15H14F2N2OS/c16-12-8-10(15(18)21)9-13(17)14(12)19-6-7-20-11-4-2-1-3-5-11/h1-5,8-9,19H,6-7H2,(H2,18,21). The maximum atomic E-state index is 13.8. The molecule has 0 aliphatic heterocycles. The Morgan fingerprint density at radius 3 is 2.33 bits per heavy atom. The third kappa shape index (κ3) is 4.13. The predicted molar refractivity (Wildman–Crippen MR) is 82.7 cm³/mol. The average Bonchev–Trinajstić information content (AvgIpc) is 2.46. The van der Waals surface area contributed by atoms with Crippen molar-refractivity contribution >= 4 is 22.9 Å². The van der Waals surface area contributed by atoms with Gasteiger partial charge in [0.1, 0.15) is 34.7 Å². The summed E-state index contributed by atoms with van der Waals surface area (Å²) in [6.07, 6.45) is 0. The molecule has 6 heteroatoms. The van der Waals surface area contributed by atoms with Crippen LogP contribution in [0.5, 0.6) is 5.75 Å². The van der Waals surface area contributed by atoms with Gasteiger partial charge in [0.15, 0.2) is 0 Å². The summed E-state index contributed by atoms with van der Waals surface area (Å²) in [6, 6.07) is 11.4. The van der Waals surface area contributed by atoms with Gasteiger partial charge in [-0.3, -0.25) is 0 Å². The molecule has 0 atom stereocenters. The van der Waals surface area contributed by atoms with Gasteiger partial charge in [0, 0.05) is 12.1 Å². The van der Waals surface area contributed by atoms with Gasteiger partial charge in [-0.15, -0.1) is 0 Å². The Morgan fingerprint density at radius 2 is 1.76 bits per heavy atom. The minimum absolute atomic E-state index is 0.0493. The van der Waals surface area contributed by atoms with Crippen LogP contribution in [0.25, 0.3) is 0 Å². The molecule has 3 N–H and O–H groups in total. The molecule has 21 heavy (non-hydrogen) atoms. The van der Waals surface area contributed by atoms with E-state index in [1.807, 2.05) is 18.2 Å². The Labute approximate surface area is 126 Å². The molecule has 0 heterocycles. The second-order valence-corrected chi connectivity index (χ2v) is 4.71. The van der Waals surface area contributed by atoms with E-state index >= 15 is 0 Å². The molecule has 3 nitrogen and oxygen atoms in total. The quantitative estimate of drug-likeness (QED) is 0.636. The topological polar surface area (TPSA) is 47.3 Å². The van der Waals surface area contributed by atoms with Crippen LogP contribution in [-0.2, 0) is 0 Å². The highest BCUT2D eigenvalue weighted by Gasteiger charge is 2.11. The van der Waals surface area contributed by atoms with Crippen LogP contribution in [0.3, 0.4) is 0 Å². The van der Waals surface area contributed by atoms with Crippen LogP contribution in [0.4, 0.5) is 14.5 Å². The van der Waals surface area contributed by atoms with Crippen molar-refractivity contribution in [3.05, 3.63) is 59.7 Å². The van der Waals surface area contributed by atoms with Gasteiger partial charge in [0.2, 0.25) is 0 Å². The Balaban J connectivity index is 1.93. The molecule has 0 aliphatic carbocycles. The minimum atomic E-state index is -0.738. The highest BCUT2D eigenvalue weighted by molar-refractivity contribution is 7.80. The number of hydrogen-bond donors (Lipinski definition) is 2. The summed E-state index contributed by atoms with van der Waals surface area (Å²) in [5.41, 5.74) is 5.29. The Bertz CT molecular complexity index is 612. The molecule has 0 amide bonds. The first kappa shape index (κ1) is 15.2. The molecule has 0 unspecified atom stereocenters. The molecule has 0 aromatic heterocycles. The fourth-order valence-corrected chi connectivity index (χ4v) is 1.86. The van der Waals surface area contributed by atoms with Gasteiger partial charge in [-0.05, 0) is 24.3 Å². The fraction of sp³-hybridized carbons (Fsp3) is 0.133. The van der Waals surface area contributed by atoms with Gasteiger partial charge in [-0.1, -0.05) is 30.4 Å². The number of para-hydroxylation sites is 1. The lowest BCUT2D eigenvalue weighted by molar-refractivity contribution is 0.332. The summed E-state index contributed by atoms with van der Waals surface area (Å²) in [7, 11) is 0. The number of halogens is 2. The zero-order valence-corrected chi connectivity index (χ0v) is 11.9. The number of ether oxygens (including phenoxy) is 1. The molecule has 2 aromatic carbocycles. The van der Waals surface area contributed by atoms with Crippen molar-refractivity contribution in [1.29, 1.82) is 0 Å². The van der Waals surface area contributed by atoms with Crippen molar-refractivity contribution < 1.29 is 13.5 Å². The summed E-state index contributed by atoms with van der Waals surface area (Å²) in [6.45, 7) is 0.537. The van der Waals surface area contributed by atoms with E-state index in [0.29, 0.717) is 5.75 Å². The smallest absolute Gasteiger partial charge is 0.150 e. The van der Waals surface area contributed by atoms with Crippen molar-refractivity contribution in [3.8, 4) is 5.75 Å². The summed E-state index contributed by atoms with van der Waals surface area (Å²) < 4.78 is 32.9. The second-order valence-electron chi connectivity index (χ2n) is 4.27. The van der Waals surface area contributed by atoms with Gasteiger partial charge < -0.3 is 15.8 Å². The van der Waals surface area contributed by atoms with Crippen molar-refractivity contribution in [2.45, 2.75) is 0 Å². The largest absolute Gasteiger partial charge is 0.492 e. The van der Waals surface area contributed by atoms with E-state index in [-0.39, 0.29) is 29.4 Å². The zero-order chi connectivity index (χ0) is 15.2. The Morgan fingerprint density at radius 1 is 1.14 bits per heavy atom. The third-order valence-electron chi connectivity index (χ3n) is 2.74. The maximum Gasteiger partial charge on any atom is 0.150 e. The van der Waals surface area contributed by atoms with Crippen LogP contribution < -0.4 is 15.8 Å².